The first-order chi connectivity index (χ1) is 13.5. The monoisotopic (exact) mass is 392 g/mol. The molecule has 0 radical (unpaired) electrons. The van der Waals surface area contributed by atoms with Gasteiger partial charge in [-0.1, -0.05) is 51.5 Å². The SMILES string of the molecule is CCCCCCCCC[C@@H](CC(=O)CCc1ccc(O)c(OC)c1)OC(C)=O. The summed E-state index contributed by atoms with van der Waals surface area (Å²) >= 11 is 0. The van der Waals surface area contributed by atoms with Gasteiger partial charge in [-0.25, -0.2) is 0 Å². The van der Waals surface area contributed by atoms with Gasteiger partial charge in [-0.2, -0.15) is 0 Å². The van der Waals surface area contributed by atoms with Crippen LogP contribution in [0.2, 0.25) is 0 Å². The van der Waals surface area contributed by atoms with Crippen molar-refractivity contribution in [2.24, 2.45) is 0 Å². The molecule has 0 bridgehead atoms. The number of ketones is 1. The van der Waals surface area contributed by atoms with Crippen LogP contribution in [0, 0.1) is 0 Å². The zero-order valence-electron chi connectivity index (χ0n) is 17.7. The number of phenols is 1. The number of benzene rings is 1. The summed E-state index contributed by atoms with van der Waals surface area (Å²) in [6, 6.07) is 5.10. The quantitative estimate of drug-likeness (QED) is 0.321. The van der Waals surface area contributed by atoms with E-state index in [-0.39, 0.29) is 30.0 Å². The second-order valence-corrected chi connectivity index (χ2v) is 7.39. The summed E-state index contributed by atoms with van der Waals surface area (Å²) in [5.74, 6) is 0.245. The number of rotatable bonds is 15. The highest BCUT2D eigenvalue weighted by Gasteiger charge is 2.17. The van der Waals surface area contributed by atoms with Crippen molar-refractivity contribution >= 4 is 11.8 Å². The molecule has 1 atom stereocenters. The van der Waals surface area contributed by atoms with Crippen LogP contribution >= 0.6 is 0 Å². The van der Waals surface area contributed by atoms with E-state index in [9.17, 15) is 14.7 Å². The summed E-state index contributed by atoms with van der Waals surface area (Å²) in [4.78, 5) is 23.7. The van der Waals surface area contributed by atoms with Gasteiger partial charge in [-0.05, 0) is 37.0 Å². The van der Waals surface area contributed by atoms with Gasteiger partial charge in [0.15, 0.2) is 11.5 Å². The topological polar surface area (TPSA) is 72.8 Å². The largest absolute Gasteiger partial charge is 0.504 e. The highest BCUT2D eigenvalue weighted by molar-refractivity contribution is 5.79. The van der Waals surface area contributed by atoms with Gasteiger partial charge in [0.1, 0.15) is 11.9 Å². The zero-order chi connectivity index (χ0) is 20.8. The van der Waals surface area contributed by atoms with E-state index in [1.165, 1.54) is 46.1 Å². The van der Waals surface area contributed by atoms with Crippen LogP contribution in [0.4, 0.5) is 0 Å². The lowest BCUT2D eigenvalue weighted by Gasteiger charge is -2.16. The molecular weight excluding hydrogens is 356 g/mol. The number of phenolic OH excluding ortho intramolecular Hbond substituents is 1. The van der Waals surface area contributed by atoms with E-state index < -0.39 is 0 Å². The van der Waals surface area contributed by atoms with Crippen LogP contribution < -0.4 is 4.74 Å². The average Bonchev–Trinajstić information content (AvgIpc) is 2.66. The van der Waals surface area contributed by atoms with Crippen LogP contribution in [-0.2, 0) is 20.7 Å². The minimum Gasteiger partial charge on any atom is -0.504 e. The molecule has 5 heteroatoms. The predicted molar refractivity (Wildman–Crippen MR) is 111 cm³/mol. The number of aryl methyl sites for hydroxylation is 1. The maximum atomic E-state index is 12.4. The fraction of sp³-hybridized carbons (Fsp3) is 0.652. The standard InChI is InChI=1S/C23H36O5/c1-4-5-6-7-8-9-10-11-21(28-18(2)24)17-20(25)14-12-19-13-15-22(26)23(16-19)27-3/h13,15-16,21,26H,4-12,14,17H2,1-3H3/t21-/m0/s1. The Morgan fingerprint density at radius 3 is 2.39 bits per heavy atom. The van der Waals surface area contributed by atoms with Crippen LogP contribution in [0.25, 0.3) is 0 Å². The Kier molecular flexibility index (Phi) is 12.0. The first-order valence-corrected chi connectivity index (χ1v) is 10.5. The van der Waals surface area contributed by atoms with Gasteiger partial charge in [-0.15, -0.1) is 0 Å². The van der Waals surface area contributed by atoms with E-state index in [4.69, 9.17) is 9.47 Å². The number of carbonyl (C=O) groups excluding carboxylic acids is 2. The van der Waals surface area contributed by atoms with Crippen LogP contribution in [0.1, 0.15) is 83.6 Å². The normalized spacial score (nSPS) is 11.8. The van der Waals surface area contributed by atoms with Gasteiger partial charge >= 0.3 is 5.97 Å². The number of esters is 1. The molecule has 0 aliphatic heterocycles. The molecule has 0 saturated heterocycles. The maximum absolute atomic E-state index is 12.4. The minimum atomic E-state index is -0.330. The van der Waals surface area contributed by atoms with E-state index in [2.05, 4.69) is 6.92 Å². The third-order valence-corrected chi connectivity index (χ3v) is 4.85. The van der Waals surface area contributed by atoms with Crippen molar-refractivity contribution in [2.45, 2.75) is 90.6 Å². The molecule has 0 aliphatic carbocycles. The van der Waals surface area contributed by atoms with Crippen LogP contribution in [0.15, 0.2) is 18.2 Å². The third-order valence-electron chi connectivity index (χ3n) is 4.85. The predicted octanol–water partition coefficient (Wildman–Crippen LogP) is 5.37. The minimum absolute atomic E-state index is 0.0845. The number of unbranched alkanes of at least 4 members (excludes halogenated alkanes) is 6. The number of methoxy groups -OCH3 is 1. The molecule has 28 heavy (non-hydrogen) atoms. The number of hydrogen-bond acceptors (Lipinski definition) is 5. The molecule has 0 aromatic heterocycles. The van der Waals surface area contributed by atoms with E-state index in [1.807, 2.05) is 0 Å². The average molecular weight is 393 g/mol. The zero-order valence-corrected chi connectivity index (χ0v) is 17.7. The fourth-order valence-corrected chi connectivity index (χ4v) is 3.28. The molecule has 5 nitrogen and oxygen atoms in total. The van der Waals surface area contributed by atoms with Crippen molar-refractivity contribution in [1.29, 1.82) is 0 Å². The highest BCUT2D eigenvalue weighted by Crippen LogP contribution is 2.27. The van der Waals surface area contributed by atoms with Crippen molar-refractivity contribution < 1.29 is 24.2 Å². The van der Waals surface area contributed by atoms with E-state index in [1.54, 1.807) is 18.2 Å². The van der Waals surface area contributed by atoms with Crippen LogP contribution in [0.3, 0.4) is 0 Å². The molecule has 1 aromatic rings. The molecule has 1 N–H and O–H groups in total. The molecule has 0 heterocycles. The van der Waals surface area contributed by atoms with Crippen molar-refractivity contribution in [3.05, 3.63) is 23.8 Å². The Balaban J connectivity index is 2.39. The molecule has 0 fully saturated rings. The maximum Gasteiger partial charge on any atom is 0.302 e. The number of aromatic hydroxyl groups is 1. The Bertz CT molecular complexity index is 597. The Labute approximate surface area is 169 Å². The first kappa shape index (κ1) is 24.0. The van der Waals surface area contributed by atoms with Gasteiger partial charge in [0.05, 0.1) is 7.11 Å². The van der Waals surface area contributed by atoms with E-state index in [0.29, 0.717) is 18.6 Å². The van der Waals surface area contributed by atoms with Crippen molar-refractivity contribution in [2.75, 3.05) is 7.11 Å². The molecule has 0 saturated carbocycles. The van der Waals surface area contributed by atoms with E-state index >= 15 is 0 Å². The molecule has 0 unspecified atom stereocenters. The Morgan fingerprint density at radius 1 is 1.07 bits per heavy atom. The number of ether oxygens (including phenoxy) is 2. The van der Waals surface area contributed by atoms with Crippen LogP contribution in [-0.4, -0.2) is 30.1 Å². The summed E-state index contributed by atoms with van der Waals surface area (Å²) in [5, 5.41) is 9.64. The first-order valence-electron chi connectivity index (χ1n) is 10.5. The van der Waals surface area contributed by atoms with Crippen molar-refractivity contribution in [1.82, 2.24) is 0 Å². The lowest BCUT2D eigenvalue weighted by molar-refractivity contribution is -0.148. The van der Waals surface area contributed by atoms with Crippen molar-refractivity contribution in [3.63, 3.8) is 0 Å². The Hall–Kier alpha value is -2.04. The number of Topliss-reactive ketones (excluding diaryl/α,β-unsaturated/α-hetero) is 1. The second-order valence-electron chi connectivity index (χ2n) is 7.39. The summed E-state index contributed by atoms with van der Waals surface area (Å²) in [5.41, 5.74) is 0.930. The molecule has 158 valence electrons. The van der Waals surface area contributed by atoms with Gasteiger partial charge < -0.3 is 14.6 Å². The molecular formula is C23H36O5. The third kappa shape index (κ3) is 10.3. The van der Waals surface area contributed by atoms with Crippen molar-refractivity contribution in [3.8, 4) is 11.5 Å². The molecule has 0 spiro atoms. The lowest BCUT2D eigenvalue weighted by atomic mass is 10.00. The summed E-state index contributed by atoms with van der Waals surface area (Å²) in [6.45, 7) is 3.60. The Morgan fingerprint density at radius 2 is 1.75 bits per heavy atom. The van der Waals surface area contributed by atoms with Gasteiger partial charge in [0.25, 0.3) is 0 Å². The summed E-state index contributed by atoms with van der Waals surface area (Å²) in [7, 11) is 1.50. The second kappa shape index (κ2) is 14.0. The highest BCUT2D eigenvalue weighted by atomic mass is 16.5. The lowest BCUT2D eigenvalue weighted by Crippen LogP contribution is -2.20. The molecule has 1 aromatic carbocycles. The smallest absolute Gasteiger partial charge is 0.302 e. The number of hydrogen-bond donors (Lipinski definition) is 1. The van der Waals surface area contributed by atoms with Gasteiger partial charge in [0.2, 0.25) is 0 Å². The van der Waals surface area contributed by atoms with Crippen LogP contribution in [0.5, 0.6) is 11.5 Å². The fourth-order valence-electron chi connectivity index (χ4n) is 3.28. The summed E-state index contributed by atoms with van der Waals surface area (Å²) in [6.07, 6.45) is 9.99. The number of carbonyl (C=O) groups is 2. The molecule has 1 rings (SSSR count). The molecule has 0 amide bonds. The van der Waals surface area contributed by atoms with Gasteiger partial charge in [-0.3, -0.25) is 9.59 Å². The van der Waals surface area contributed by atoms with Gasteiger partial charge in [0, 0.05) is 19.8 Å². The van der Waals surface area contributed by atoms with E-state index in [0.717, 1.165) is 24.8 Å². The summed E-state index contributed by atoms with van der Waals surface area (Å²) < 4.78 is 10.5. The molecule has 0 aliphatic rings.